The number of hydrogen-bond donors (Lipinski definition) is 1. The second kappa shape index (κ2) is 2.07. The second-order valence-corrected chi connectivity index (χ2v) is 0.768. The van der Waals surface area contributed by atoms with Crippen LogP contribution in [-0.4, -0.2) is 23.7 Å². The molecular formula is C3H3NO3. The van der Waals surface area contributed by atoms with Gasteiger partial charge in [0.25, 0.3) is 0 Å². The van der Waals surface area contributed by atoms with Gasteiger partial charge in [0, 0.05) is 0 Å². The molecule has 4 nitrogen and oxygen atoms in total. The molecule has 7 heavy (non-hydrogen) atoms. The monoisotopic (exact) mass is 101 g/mol. The Balaban J connectivity index is 3.81. The van der Waals surface area contributed by atoms with Gasteiger partial charge in [-0.2, -0.15) is 0 Å². The maximum atomic E-state index is 9.68. The highest BCUT2D eigenvalue weighted by Gasteiger charge is 2.04. The summed E-state index contributed by atoms with van der Waals surface area (Å²) in [4.78, 5) is 21.7. The van der Waals surface area contributed by atoms with Gasteiger partial charge in [0.15, 0.2) is 0 Å². The molecule has 0 unspecified atom stereocenters. The lowest BCUT2D eigenvalue weighted by Gasteiger charge is -1.75. The topological polar surface area (TPSA) is 66.7 Å². The summed E-state index contributed by atoms with van der Waals surface area (Å²) >= 11 is 0. The number of carbonyl (C=O) groups is 2. The van der Waals surface area contributed by atoms with E-state index in [1.807, 2.05) is 0 Å². The smallest absolute Gasteiger partial charge is 0.396 e. The van der Waals surface area contributed by atoms with E-state index in [2.05, 4.69) is 11.7 Å². The Labute approximate surface area is 39.5 Å². The van der Waals surface area contributed by atoms with Crippen LogP contribution in [-0.2, 0) is 9.59 Å². The molecule has 1 N–H and O–H groups in total. The Kier molecular flexibility index (Phi) is 1.72. The summed E-state index contributed by atoms with van der Waals surface area (Å²) in [7, 11) is 0. The molecular weight excluding hydrogens is 98.0 g/mol. The van der Waals surface area contributed by atoms with Crippen molar-refractivity contribution in [1.82, 2.24) is 0 Å². The fourth-order valence-electron chi connectivity index (χ4n) is 0.0676. The average Bonchev–Trinajstić information content (AvgIpc) is 1.65. The Morgan fingerprint density at radius 2 is 2.00 bits per heavy atom. The third-order valence-electron chi connectivity index (χ3n) is 0.327. The number of amides is 1. The van der Waals surface area contributed by atoms with Gasteiger partial charge in [0.05, 0.1) is 0 Å². The molecule has 38 valence electrons. The molecule has 0 aromatic carbocycles. The van der Waals surface area contributed by atoms with E-state index in [-0.39, 0.29) is 0 Å². The molecule has 0 aliphatic carbocycles. The van der Waals surface area contributed by atoms with Gasteiger partial charge >= 0.3 is 11.9 Å². The maximum Gasteiger partial charge on any atom is 0.396 e. The molecule has 0 saturated heterocycles. The molecule has 0 bridgehead atoms. The van der Waals surface area contributed by atoms with Crippen LogP contribution in [0, 0.1) is 0 Å². The van der Waals surface area contributed by atoms with Gasteiger partial charge in [0.2, 0.25) is 0 Å². The highest BCUT2D eigenvalue weighted by atomic mass is 16.4. The van der Waals surface area contributed by atoms with E-state index < -0.39 is 11.9 Å². The number of nitrogens with zero attached hydrogens (tertiary/aromatic N) is 1. The van der Waals surface area contributed by atoms with Crippen LogP contribution in [0.2, 0.25) is 0 Å². The first kappa shape index (κ1) is 5.81. The van der Waals surface area contributed by atoms with Crippen molar-refractivity contribution >= 4 is 18.6 Å². The van der Waals surface area contributed by atoms with Crippen LogP contribution in [0.15, 0.2) is 4.99 Å². The molecule has 0 fully saturated rings. The number of carboxylic acids is 1. The zero-order valence-electron chi connectivity index (χ0n) is 3.42. The summed E-state index contributed by atoms with van der Waals surface area (Å²) in [6.07, 6.45) is 0. The quantitative estimate of drug-likeness (QED) is 0.324. The number of aliphatic imine (C=N–C) groups is 1. The lowest BCUT2D eigenvalue weighted by Crippen LogP contribution is -2.07. The van der Waals surface area contributed by atoms with E-state index in [9.17, 15) is 9.59 Å². The summed E-state index contributed by atoms with van der Waals surface area (Å²) in [5, 5.41) is 7.70. The first-order chi connectivity index (χ1) is 3.18. The van der Waals surface area contributed by atoms with Gasteiger partial charge in [-0.25, -0.2) is 9.79 Å². The predicted molar refractivity (Wildman–Crippen MR) is 22.2 cm³/mol. The van der Waals surface area contributed by atoms with Gasteiger partial charge in [0.1, 0.15) is 0 Å². The minimum atomic E-state index is -1.57. The van der Waals surface area contributed by atoms with Crippen LogP contribution >= 0.6 is 0 Å². The van der Waals surface area contributed by atoms with Gasteiger partial charge in [-0.3, -0.25) is 4.79 Å². The zero-order chi connectivity index (χ0) is 5.86. The molecule has 4 heteroatoms. The molecule has 0 saturated carbocycles. The van der Waals surface area contributed by atoms with Crippen molar-refractivity contribution in [1.29, 1.82) is 0 Å². The molecule has 1 amide bonds. The summed E-state index contributed by atoms with van der Waals surface area (Å²) in [5.41, 5.74) is 0. The largest absolute Gasteiger partial charge is 0.474 e. The predicted octanol–water partition coefficient (Wildman–Crippen LogP) is -0.702. The number of aliphatic carboxylic acids is 1. The van der Waals surface area contributed by atoms with Crippen LogP contribution in [0.4, 0.5) is 0 Å². The molecule has 0 spiro atoms. The summed E-state index contributed by atoms with van der Waals surface area (Å²) in [6, 6.07) is 0. The second-order valence-electron chi connectivity index (χ2n) is 0.768. The maximum absolute atomic E-state index is 9.68. The van der Waals surface area contributed by atoms with Crippen molar-refractivity contribution < 1.29 is 14.7 Å². The Hall–Kier alpha value is -1.19. The molecule has 0 heterocycles. The van der Waals surface area contributed by atoms with Gasteiger partial charge < -0.3 is 5.11 Å². The van der Waals surface area contributed by atoms with E-state index in [0.717, 1.165) is 0 Å². The van der Waals surface area contributed by atoms with Crippen molar-refractivity contribution in [2.75, 3.05) is 0 Å². The Morgan fingerprint density at radius 3 is 2.00 bits per heavy atom. The molecule has 0 aromatic heterocycles. The average molecular weight is 101 g/mol. The molecule has 0 aromatic rings. The standard InChI is InChI=1S/C3H3NO3/c1-4-2(5)3(6)7/h1H2,(H,6,7). The molecule has 0 rings (SSSR count). The fourth-order valence-corrected chi connectivity index (χ4v) is 0.0676. The number of hydrogen-bond acceptors (Lipinski definition) is 2. The third kappa shape index (κ3) is 1.64. The Morgan fingerprint density at radius 1 is 1.57 bits per heavy atom. The first-order valence-corrected chi connectivity index (χ1v) is 1.42. The lowest BCUT2D eigenvalue weighted by atomic mass is 10.7. The van der Waals surface area contributed by atoms with Gasteiger partial charge in [-0.05, 0) is 6.72 Å². The fraction of sp³-hybridized carbons (Fsp3) is 0. The summed E-state index contributed by atoms with van der Waals surface area (Å²) in [6.45, 7) is 2.70. The highest BCUT2D eigenvalue weighted by Crippen LogP contribution is 1.67. The normalized spacial score (nSPS) is 7.43. The molecule has 0 atom stereocenters. The third-order valence-corrected chi connectivity index (χ3v) is 0.327. The van der Waals surface area contributed by atoms with Crippen LogP contribution in [0.5, 0.6) is 0 Å². The van der Waals surface area contributed by atoms with Crippen molar-refractivity contribution in [2.45, 2.75) is 0 Å². The van der Waals surface area contributed by atoms with Crippen LogP contribution in [0.1, 0.15) is 0 Å². The lowest BCUT2D eigenvalue weighted by molar-refractivity contribution is -0.148. The summed E-state index contributed by atoms with van der Waals surface area (Å²) < 4.78 is 0. The summed E-state index contributed by atoms with van der Waals surface area (Å²) in [5.74, 6) is -2.80. The van der Waals surface area contributed by atoms with Crippen molar-refractivity contribution in [2.24, 2.45) is 4.99 Å². The highest BCUT2D eigenvalue weighted by molar-refractivity contribution is 6.32. The van der Waals surface area contributed by atoms with Crippen molar-refractivity contribution in [3.8, 4) is 0 Å². The zero-order valence-corrected chi connectivity index (χ0v) is 3.42. The minimum Gasteiger partial charge on any atom is -0.474 e. The van der Waals surface area contributed by atoms with Crippen LogP contribution in [0.3, 0.4) is 0 Å². The number of carboxylic acid groups (broad SMARTS) is 1. The van der Waals surface area contributed by atoms with Crippen molar-refractivity contribution in [3.63, 3.8) is 0 Å². The van der Waals surface area contributed by atoms with E-state index >= 15 is 0 Å². The van der Waals surface area contributed by atoms with Crippen LogP contribution in [0.25, 0.3) is 0 Å². The number of carbonyl (C=O) groups excluding carboxylic acids is 1. The van der Waals surface area contributed by atoms with E-state index in [1.54, 1.807) is 0 Å². The van der Waals surface area contributed by atoms with Gasteiger partial charge in [-0.1, -0.05) is 0 Å². The SMILES string of the molecule is C=NC(=O)C(=O)O. The molecule has 0 aliphatic rings. The van der Waals surface area contributed by atoms with Crippen LogP contribution < -0.4 is 0 Å². The van der Waals surface area contributed by atoms with E-state index in [0.29, 0.717) is 0 Å². The molecule has 0 radical (unpaired) electrons. The number of rotatable bonds is 0. The van der Waals surface area contributed by atoms with E-state index in [1.165, 1.54) is 0 Å². The van der Waals surface area contributed by atoms with E-state index in [4.69, 9.17) is 5.11 Å². The minimum absolute atomic E-state index is 1.22. The molecule has 0 aliphatic heterocycles. The Bertz CT molecular complexity index is 117. The van der Waals surface area contributed by atoms with Crippen molar-refractivity contribution in [3.05, 3.63) is 0 Å². The van der Waals surface area contributed by atoms with Gasteiger partial charge in [-0.15, -0.1) is 0 Å². The first-order valence-electron chi connectivity index (χ1n) is 1.42.